The summed E-state index contributed by atoms with van der Waals surface area (Å²) in [5, 5.41) is 3.16. The van der Waals surface area contributed by atoms with Crippen molar-refractivity contribution in [3.8, 4) is 0 Å². The van der Waals surface area contributed by atoms with Crippen LogP contribution in [0.25, 0.3) is 0 Å². The van der Waals surface area contributed by atoms with E-state index in [0.29, 0.717) is 26.2 Å². The molecule has 0 saturated carbocycles. The van der Waals surface area contributed by atoms with Crippen molar-refractivity contribution in [3.63, 3.8) is 0 Å². The molecule has 0 aromatic carbocycles. The molecule has 0 aromatic rings. The Bertz CT molecular complexity index is 314. The zero-order chi connectivity index (χ0) is 12.2. The average molecular weight is 250 g/mol. The molecule has 0 amide bonds. The number of nitrogens with zero attached hydrogens (tertiary/aromatic N) is 1. The van der Waals surface area contributed by atoms with Gasteiger partial charge in [0.25, 0.3) is 0 Å². The van der Waals surface area contributed by atoms with Crippen LogP contribution in [0.15, 0.2) is 0 Å². The van der Waals surface area contributed by atoms with E-state index in [0.717, 1.165) is 13.0 Å². The quantitative estimate of drug-likeness (QED) is 0.716. The number of ether oxygens (including phenoxy) is 1. The van der Waals surface area contributed by atoms with Gasteiger partial charge in [0.1, 0.15) is 0 Å². The molecule has 0 radical (unpaired) electrons. The molecule has 1 aliphatic rings. The third kappa shape index (κ3) is 2.94. The Kier molecular flexibility index (Phi) is 4.73. The van der Waals surface area contributed by atoms with Crippen LogP contribution in [0.5, 0.6) is 0 Å². The minimum Gasteiger partial charge on any atom is -0.385 e. The molecule has 5 nitrogen and oxygen atoms in total. The van der Waals surface area contributed by atoms with Crippen LogP contribution in [0.2, 0.25) is 0 Å². The van der Waals surface area contributed by atoms with Crippen LogP contribution in [-0.4, -0.2) is 57.4 Å². The van der Waals surface area contributed by atoms with Gasteiger partial charge in [-0.15, -0.1) is 0 Å². The van der Waals surface area contributed by atoms with Gasteiger partial charge < -0.3 is 10.1 Å². The summed E-state index contributed by atoms with van der Waals surface area (Å²) in [7, 11) is -1.58. The first kappa shape index (κ1) is 13.9. The monoisotopic (exact) mass is 250 g/mol. The Labute approximate surface area is 98.2 Å². The summed E-state index contributed by atoms with van der Waals surface area (Å²) in [6.07, 6.45) is 0.742. The van der Waals surface area contributed by atoms with Crippen LogP contribution in [-0.2, 0) is 14.8 Å². The molecule has 1 saturated heterocycles. The second-order valence-electron chi connectivity index (χ2n) is 4.69. The minimum absolute atomic E-state index is 0.510. The predicted molar refractivity (Wildman–Crippen MR) is 63.9 cm³/mol. The number of nitrogens with one attached hydrogen (secondary N) is 1. The van der Waals surface area contributed by atoms with Crippen LogP contribution in [0.3, 0.4) is 0 Å². The van der Waals surface area contributed by atoms with Crippen molar-refractivity contribution < 1.29 is 13.2 Å². The van der Waals surface area contributed by atoms with E-state index in [4.69, 9.17) is 4.74 Å². The van der Waals surface area contributed by atoms with Crippen molar-refractivity contribution in [3.05, 3.63) is 0 Å². The van der Waals surface area contributed by atoms with Crippen molar-refractivity contribution in [2.45, 2.75) is 25.0 Å². The maximum atomic E-state index is 12.3. The van der Waals surface area contributed by atoms with Gasteiger partial charge in [-0.05, 0) is 20.3 Å². The van der Waals surface area contributed by atoms with Gasteiger partial charge in [-0.2, -0.15) is 0 Å². The normalized spacial score (nSPS) is 25.2. The average Bonchev–Trinajstić information content (AvgIpc) is 2.29. The first-order valence-corrected chi connectivity index (χ1v) is 7.05. The lowest BCUT2D eigenvalue weighted by molar-refractivity contribution is 0.187. The molecule has 1 N–H and O–H groups in total. The summed E-state index contributed by atoms with van der Waals surface area (Å²) in [4.78, 5) is 0. The molecule has 0 unspecified atom stereocenters. The summed E-state index contributed by atoms with van der Waals surface area (Å²) >= 11 is 0. The summed E-state index contributed by atoms with van der Waals surface area (Å²) in [6, 6.07) is 0. The SMILES string of the molecule is COCCCN1CCNCC(C)(C)S1(=O)=O. The number of methoxy groups -OCH3 is 1. The smallest absolute Gasteiger partial charge is 0.220 e. The molecular formula is C10H22N2O3S. The Balaban J connectivity index is 2.74. The van der Waals surface area contributed by atoms with Crippen LogP contribution in [0.1, 0.15) is 20.3 Å². The van der Waals surface area contributed by atoms with Gasteiger partial charge in [-0.1, -0.05) is 0 Å². The second-order valence-corrected chi connectivity index (χ2v) is 7.26. The van der Waals surface area contributed by atoms with Crippen LogP contribution >= 0.6 is 0 Å². The summed E-state index contributed by atoms with van der Waals surface area (Å²) in [5.74, 6) is 0. The molecule has 1 rings (SSSR count). The third-order valence-electron chi connectivity index (χ3n) is 2.88. The third-order valence-corrected chi connectivity index (χ3v) is 5.47. The number of hydrogen-bond acceptors (Lipinski definition) is 4. The van der Waals surface area contributed by atoms with E-state index in [2.05, 4.69) is 5.32 Å². The number of hydrogen-bond donors (Lipinski definition) is 1. The molecule has 96 valence electrons. The summed E-state index contributed by atoms with van der Waals surface area (Å²) < 4.78 is 30.4. The fourth-order valence-electron chi connectivity index (χ4n) is 1.77. The molecule has 6 heteroatoms. The first-order chi connectivity index (χ1) is 7.42. The van der Waals surface area contributed by atoms with E-state index in [1.807, 2.05) is 0 Å². The van der Waals surface area contributed by atoms with E-state index < -0.39 is 14.8 Å². The van der Waals surface area contributed by atoms with E-state index in [9.17, 15) is 8.42 Å². The lowest BCUT2D eigenvalue weighted by atomic mass is 10.2. The Morgan fingerprint density at radius 2 is 2.12 bits per heavy atom. The lowest BCUT2D eigenvalue weighted by Crippen LogP contribution is -2.46. The van der Waals surface area contributed by atoms with Gasteiger partial charge in [-0.3, -0.25) is 0 Å². The van der Waals surface area contributed by atoms with Crippen LogP contribution < -0.4 is 5.32 Å². The number of rotatable bonds is 4. The molecule has 1 fully saturated rings. The van der Waals surface area contributed by atoms with Crippen molar-refractivity contribution in [2.75, 3.05) is 39.9 Å². The first-order valence-electron chi connectivity index (χ1n) is 5.61. The molecular weight excluding hydrogens is 228 g/mol. The highest BCUT2D eigenvalue weighted by atomic mass is 32.2. The zero-order valence-electron chi connectivity index (χ0n) is 10.3. The topological polar surface area (TPSA) is 58.6 Å². The maximum Gasteiger partial charge on any atom is 0.220 e. The predicted octanol–water partition coefficient (Wildman–Crippen LogP) is 0.0365. The molecule has 0 aromatic heterocycles. The summed E-state index contributed by atoms with van der Waals surface area (Å²) in [6.45, 7) is 6.45. The van der Waals surface area contributed by atoms with E-state index in [1.165, 1.54) is 0 Å². The zero-order valence-corrected chi connectivity index (χ0v) is 11.1. The second kappa shape index (κ2) is 5.44. The Morgan fingerprint density at radius 3 is 2.75 bits per heavy atom. The van der Waals surface area contributed by atoms with E-state index in [-0.39, 0.29) is 0 Å². The van der Waals surface area contributed by atoms with E-state index >= 15 is 0 Å². The molecule has 1 aliphatic heterocycles. The van der Waals surface area contributed by atoms with Crippen molar-refractivity contribution in [2.24, 2.45) is 0 Å². The van der Waals surface area contributed by atoms with E-state index in [1.54, 1.807) is 25.3 Å². The fourth-order valence-corrected chi connectivity index (χ4v) is 3.46. The van der Waals surface area contributed by atoms with Gasteiger partial charge >= 0.3 is 0 Å². The van der Waals surface area contributed by atoms with Gasteiger partial charge in [-0.25, -0.2) is 12.7 Å². The maximum absolute atomic E-state index is 12.3. The van der Waals surface area contributed by atoms with Gasteiger partial charge in [0.2, 0.25) is 10.0 Å². The van der Waals surface area contributed by atoms with Crippen LogP contribution in [0, 0.1) is 0 Å². The van der Waals surface area contributed by atoms with Crippen LogP contribution in [0.4, 0.5) is 0 Å². The molecule has 0 aliphatic carbocycles. The van der Waals surface area contributed by atoms with Crippen molar-refractivity contribution >= 4 is 10.0 Å². The molecule has 1 heterocycles. The fraction of sp³-hybridized carbons (Fsp3) is 1.00. The molecule has 0 bridgehead atoms. The molecule has 16 heavy (non-hydrogen) atoms. The standard InChI is InChI=1S/C10H22N2O3S/c1-10(2)9-11-5-7-12(16(10,13)14)6-4-8-15-3/h11H,4-9H2,1-3H3. The van der Waals surface area contributed by atoms with Gasteiger partial charge in [0, 0.05) is 39.9 Å². The Hall–Kier alpha value is -0.170. The number of sulfonamides is 1. The Morgan fingerprint density at radius 1 is 1.44 bits per heavy atom. The van der Waals surface area contributed by atoms with Crippen molar-refractivity contribution in [1.82, 2.24) is 9.62 Å². The largest absolute Gasteiger partial charge is 0.385 e. The van der Waals surface area contributed by atoms with Gasteiger partial charge in [0.05, 0.1) is 4.75 Å². The molecule has 0 spiro atoms. The minimum atomic E-state index is -3.20. The highest BCUT2D eigenvalue weighted by Gasteiger charge is 2.40. The molecule has 0 atom stereocenters. The van der Waals surface area contributed by atoms with Crippen molar-refractivity contribution in [1.29, 1.82) is 0 Å². The highest BCUT2D eigenvalue weighted by Crippen LogP contribution is 2.22. The highest BCUT2D eigenvalue weighted by molar-refractivity contribution is 7.90. The summed E-state index contributed by atoms with van der Waals surface area (Å²) in [5.41, 5.74) is 0. The lowest BCUT2D eigenvalue weighted by Gasteiger charge is -2.28. The van der Waals surface area contributed by atoms with Gasteiger partial charge in [0.15, 0.2) is 0 Å².